The molecule has 1 amide bonds. The van der Waals surface area contributed by atoms with Gasteiger partial charge in [0.2, 0.25) is 5.91 Å². The van der Waals surface area contributed by atoms with E-state index < -0.39 is 0 Å². The van der Waals surface area contributed by atoms with Crippen LogP contribution in [0.5, 0.6) is 0 Å². The summed E-state index contributed by atoms with van der Waals surface area (Å²) in [5.41, 5.74) is 0. The van der Waals surface area contributed by atoms with Crippen molar-refractivity contribution in [2.24, 2.45) is 0 Å². The number of carbonyl (C=O) groups excluding carboxylic acids is 1. The van der Waals surface area contributed by atoms with E-state index >= 15 is 0 Å². The van der Waals surface area contributed by atoms with E-state index in [9.17, 15) is 4.79 Å². The Morgan fingerprint density at radius 1 is 1.47 bits per heavy atom. The molecule has 1 atom stereocenters. The Balaban J connectivity index is 1.93. The molecule has 1 saturated carbocycles. The fourth-order valence-electron chi connectivity index (χ4n) is 3.13. The van der Waals surface area contributed by atoms with Crippen LogP contribution in [0.25, 0.3) is 0 Å². The number of hydrogen-bond donors (Lipinski definition) is 1. The average Bonchev–Trinajstić information content (AvgIpc) is 2.92. The van der Waals surface area contributed by atoms with Crippen LogP contribution in [0.1, 0.15) is 39.0 Å². The van der Waals surface area contributed by atoms with E-state index in [-0.39, 0.29) is 6.04 Å². The van der Waals surface area contributed by atoms with Gasteiger partial charge >= 0.3 is 0 Å². The summed E-state index contributed by atoms with van der Waals surface area (Å²) in [7, 11) is 0. The fraction of sp³-hybridized carbons (Fsp3) is 0.923. The smallest absolute Gasteiger partial charge is 0.239 e. The van der Waals surface area contributed by atoms with Gasteiger partial charge in [-0.25, -0.2) is 0 Å². The zero-order chi connectivity index (χ0) is 12.3. The van der Waals surface area contributed by atoms with Gasteiger partial charge in [0.15, 0.2) is 0 Å². The number of carbonyl (C=O) groups is 1. The van der Waals surface area contributed by atoms with E-state index in [1.165, 1.54) is 25.7 Å². The van der Waals surface area contributed by atoms with Gasteiger partial charge in [0.1, 0.15) is 0 Å². The predicted octanol–water partition coefficient (Wildman–Crippen LogP) is 1.87. The lowest BCUT2D eigenvalue weighted by Gasteiger charge is -2.32. The van der Waals surface area contributed by atoms with Crippen molar-refractivity contribution in [3.8, 4) is 0 Å². The molecule has 0 aromatic heterocycles. The molecule has 1 N–H and O–H groups in total. The molecule has 1 saturated heterocycles. The maximum Gasteiger partial charge on any atom is 0.239 e. The molecule has 98 valence electrons. The van der Waals surface area contributed by atoms with Crippen molar-refractivity contribution in [2.45, 2.75) is 49.8 Å². The molecule has 1 heterocycles. The van der Waals surface area contributed by atoms with Crippen molar-refractivity contribution >= 4 is 17.7 Å². The lowest BCUT2D eigenvalue weighted by Crippen LogP contribution is -2.43. The summed E-state index contributed by atoms with van der Waals surface area (Å²) in [6, 6.07) is 0.0836. The van der Waals surface area contributed by atoms with Gasteiger partial charge in [-0.15, -0.1) is 0 Å². The molecule has 0 spiro atoms. The van der Waals surface area contributed by atoms with E-state index in [2.05, 4.69) is 23.4 Å². The highest BCUT2D eigenvalue weighted by Crippen LogP contribution is 2.41. The zero-order valence-electron chi connectivity index (χ0n) is 11.0. The third-order valence-electron chi connectivity index (χ3n) is 4.17. The summed E-state index contributed by atoms with van der Waals surface area (Å²) in [5, 5.41) is 3.28. The van der Waals surface area contributed by atoms with Crippen LogP contribution in [-0.4, -0.2) is 47.5 Å². The Hall–Kier alpha value is -0.220. The Morgan fingerprint density at radius 2 is 2.18 bits per heavy atom. The van der Waals surface area contributed by atoms with Gasteiger partial charge in [0, 0.05) is 17.8 Å². The van der Waals surface area contributed by atoms with Crippen molar-refractivity contribution in [1.29, 1.82) is 0 Å². The minimum absolute atomic E-state index is 0.0836. The van der Waals surface area contributed by atoms with Gasteiger partial charge in [-0.3, -0.25) is 4.79 Å². The van der Waals surface area contributed by atoms with Gasteiger partial charge in [-0.1, -0.05) is 19.8 Å². The van der Waals surface area contributed by atoms with Crippen molar-refractivity contribution in [1.82, 2.24) is 10.2 Å². The van der Waals surface area contributed by atoms with Gasteiger partial charge in [0.05, 0.1) is 6.04 Å². The number of thioether (sulfide) groups is 1. The van der Waals surface area contributed by atoms with Crippen molar-refractivity contribution in [3.63, 3.8) is 0 Å². The summed E-state index contributed by atoms with van der Waals surface area (Å²) in [6.07, 6.45) is 8.41. The van der Waals surface area contributed by atoms with Gasteiger partial charge in [-0.2, -0.15) is 11.8 Å². The molecule has 1 aliphatic carbocycles. The molecule has 17 heavy (non-hydrogen) atoms. The van der Waals surface area contributed by atoms with E-state index in [4.69, 9.17) is 0 Å². The molecule has 4 heteroatoms. The Kier molecular flexibility index (Phi) is 4.36. The van der Waals surface area contributed by atoms with Crippen molar-refractivity contribution in [3.05, 3.63) is 0 Å². The molecule has 0 bridgehead atoms. The molecule has 1 aliphatic heterocycles. The first kappa shape index (κ1) is 13.2. The summed E-state index contributed by atoms with van der Waals surface area (Å²) < 4.78 is 0.358. The molecular weight excluding hydrogens is 232 g/mol. The van der Waals surface area contributed by atoms with E-state index in [1.54, 1.807) is 0 Å². The van der Waals surface area contributed by atoms with Crippen LogP contribution in [-0.2, 0) is 4.79 Å². The van der Waals surface area contributed by atoms with Crippen LogP contribution in [0.3, 0.4) is 0 Å². The second-order valence-electron chi connectivity index (χ2n) is 5.25. The summed E-state index contributed by atoms with van der Waals surface area (Å²) in [4.78, 5) is 14.3. The van der Waals surface area contributed by atoms with Crippen LogP contribution in [0, 0.1) is 0 Å². The minimum atomic E-state index is 0.0836. The SMILES string of the molecule is CCNC1CCN(CC2(SC)CCCC2)C1=O. The number of hydrogen-bond acceptors (Lipinski definition) is 3. The second kappa shape index (κ2) is 5.61. The Labute approximate surface area is 109 Å². The lowest BCUT2D eigenvalue weighted by molar-refractivity contribution is -0.129. The summed E-state index contributed by atoms with van der Waals surface area (Å²) >= 11 is 1.97. The number of likely N-dealkylation sites (N-methyl/N-ethyl adjacent to an activating group) is 1. The third kappa shape index (κ3) is 2.79. The molecule has 2 fully saturated rings. The van der Waals surface area contributed by atoms with E-state index in [0.717, 1.165) is 26.1 Å². The summed E-state index contributed by atoms with van der Waals surface area (Å²) in [5.74, 6) is 0.326. The summed E-state index contributed by atoms with van der Waals surface area (Å²) in [6.45, 7) is 4.86. The van der Waals surface area contributed by atoms with Crippen LogP contribution in [0.2, 0.25) is 0 Å². The van der Waals surface area contributed by atoms with E-state index in [1.807, 2.05) is 11.8 Å². The molecule has 3 nitrogen and oxygen atoms in total. The second-order valence-corrected chi connectivity index (χ2v) is 6.53. The normalized spacial score (nSPS) is 28.0. The molecule has 2 aliphatic rings. The van der Waals surface area contributed by atoms with Gasteiger partial charge < -0.3 is 10.2 Å². The standard InChI is InChI=1S/C13H24N2OS/c1-3-14-11-6-9-15(12(11)16)10-13(17-2)7-4-5-8-13/h11,14H,3-10H2,1-2H3. The highest BCUT2D eigenvalue weighted by atomic mass is 32.2. The zero-order valence-corrected chi connectivity index (χ0v) is 11.8. The number of likely N-dealkylation sites (tertiary alicyclic amines) is 1. The highest BCUT2D eigenvalue weighted by Gasteiger charge is 2.39. The first-order valence-electron chi connectivity index (χ1n) is 6.78. The highest BCUT2D eigenvalue weighted by molar-refractivity contribution is 8.00. The minimum Gasteiger partial charge on any atom is -0.340 e. The maximum absolute atomic E-state index is 12.2. The largest absolute Gasteiger partial charge is 0.340 e. The molecular formula is C13H24N2OS. The number of rotatable bonds is 5. The van der Waals surface area contributed by atoms with Crippen molar-refractivity contribution < 1.29 is 4.79 Å². The van der Waals surface area contributed by atoms with Gasteiger partial charge in [0.25, 0.3) is 0 Å². The van der Waals surface area contributed by atoms with E-state index in [0.29, 0.717) is 10.7 Å². The average molecular weight is 256 g/mol. The van der Waals surface area contributed by atoms with Gasteiger partial charge in [-0.05, 0) is 32.1 Å². The first-order chi connectivity index (χ1) is 8.21. The molecule has 0 aromatic rings. The fourth-order valence-corrected chi connectivity index (χ4v) is 4.11. The molecule has 2 rings (SSSR count). The number of nitrogens with zero attached hydrogens (tertiary/aromatic N) is 1. The Bertz CT molecular complexity index is 277. The molecule has 0 aromatic carbocycles. The van der Waals surface area contributed by atoms with Crippen LogP contribution >= 0.6 is 11.8 Å². The van der Waals surface area contributed by atoms with Crippen molar-refractivity contribution in [2.75, 3.05) is 25.9 Å². The van der Waals surface area contributed by atoms with Crippen LogP contribution < -0.4 is 5.32 Å². The lowest BCUT2D eigenvalue weighted by atomic mass is 10.1. The predicted molar refractivity (Wildman–Crippen MR) is 73.4 cm³/mol. The molecule has 1 unspecified atom stereocenters. The molecule has 0 radical (unpaired) electrons. The monoisotopic (exact) mass is 256 g/mol. The number of amides is 1. The third-order valence-corrected chi connectivity index (χ3v) is 5.58. The first-order valence-corrected chi connectivity index (χ1v) is 8.00. The topological polar surface area (TPSA) is 32.3 Å². The maximum atomic E-state index is 12.2. The van der Waals surface area contributed by atoms with Crippen LogP contribution in [0.15, 0.2) is 0 Å². The number of nitrogens with one attached hydrogen (secondary N) is 1. The Morgan fingerprint density at radius 3 is 2.76 bits per heavy atom. The quantitative estimate of drug-likeness (QED) is 0.815. The van der Waals surface area contributed by atoms with Crippen LogP contribution in [0.4, 0.5) is 0 Å².